The molecule has 1 unspecified atom stereocenters. The van der Waals surface area contributed by atoms with Gasteiger partial charge < -0.3 is 14.8 Å². The third-order valence-corrected chi connectivity index (χ3v) is 3.42. The van der Waals surface area contributed by atoms with E-state index in [1.807, 2.05) is 13.8 Å². The summed E-state index contributed by atoms with van der Waals surface area (Å²) in [6.45, 7) is 8.69. The van der Waals surface area contributed by atoms with Crippen molar-refractivity contribution in [1.29, 1.82) is 0 Å². The standard InChI is InChI=1S/C15H27N3O2/c1-6-14(20-5)15-17-11(2)13(12(3)18-15)7-8-16-9-10-19-4/h14,16H,6-10H2,1-5H3. The first-order valence-corrected chi connectivity index (χ1v) is 7.20. The third-order valence-electron chi connectivity index (χ3n) is 3.42. The highest BCUT2D eigenvalue weighted by molar-refractivity contribution is 5.25. The summed E-state index contributed by atoms with van der Waals surface area (Å²) in [5.41, 5.74) is 3.33. The highest BCUT2D eigenvalue weighted by Gasteiger charge is 2.15. The predicted octanol–water partition coefficient (Wildman–Crippen LogP) is 1.97. The zero-order valence-electron chi connectivity index (χ0n) is 13.3. The van der Waals surface area contributed by atoms with Gasteiger partial charge in [0.05, 0.1) is 6.61 Å². The van der Waals surface area contributed by atoms with E-state index >= 15 is 0 Å². The second kappa shape index (κ2) is 9.00. The fourth-order valence-corrected chi connectivity index (χ4v) is 2.24. The number of ether oxygens (including phenoxy) is 2. The number of hydrogen-bond donors (Lipinski definition) is 1. The van der Waals surface area contributed by atoms with E-state index in [9.17, 15) is 0 Å². The van der Waals surface area contributed by atoms with Gasteiger partial charge in [-0.1, -0.05) is 6.92 Å². The Bertz CT molecular complexity index is 383. The van der Waals surface area contributed by atoms with Gasteiger partial charge in [-0.25, -0.2) is 9.97 Å². The van der Waals surface area contributed by atoms with Crippen molar-refractivity contribution >= 4 is 0 Å². The Hall–Kier alpha value is -1.04. The van der Waals surface area contributed by atoms with Gasteiger partial charge >= 0.3 is 0 Å². The van der Waals surface area contributed by atoms with Crippen LogP contribution in [0.2, 0.25) is 0 Å². The van der Waals surface area contributed by atoms with E-state index in [2.05, 4.69) is 22.2 Å². The average Bonchev–Trinajstić information content (AvgIpc) is 2.42. The predicted molar refractivity (Wildman–Crippen MR) is 80.0 cm³/mol. The van der Waals surface area contributed by atoms with Crippen molar-refractivity contribution in [2.45, 2.75) is 39.7 Å². The smallest absolute Gasteiger partial charge is 0.157 e. The summed E-state index contributed by atoms with van der Waals surface area (Å²) >= 11 is 0. The maximum absolute atomic E-state index is 5.41. The molecule has 0 fully saturated rings. The lowest BCUT2D eigenvalue weighted by Crippen LogP contribution is -2.23. The maximum atomic E-state index is 5.41. The van der Waals surface area contributed by atoms with Crippen LogP contribution in [-0.2, 0) is 15.9 Å². The molecule has 1 rings (SSSR count). The number of methoxy groups -OCH3 is 2. The van der Waals surface area contributed by atoms with Crippen LogP contribution in [0.3, 0.4) is 0 Å². The minimum atomic E-state index is -0.0127. The van der Waals surface area contributed by atoms with Gasteiger partial charge in [0.1, 0.15) is 6.10 Å². The summed E-state index contributed by atoms with van der Waals surface area (Å²) in [6.07, 6.45) is 1.81. The van der Waals surface area contributed by atoms with Crippen LogP contribution >= 0.6 is 0 Å². The lowest BCUT2D eigenvalue weighted by atomic mass is 10.1. The Labute approximate surface area is 122 Å². The molecule has 0 saturated heterocycles. The Kier molecular flexibility index (Phi) is 7.65. The first-order chi connectivity index (χ1) is 9.63. The van der Waals surface area contributed by atoms with Gasteiger partial charge in [0, 0.05) is 32.2 Å². The number of nitrogens with zero attached hydrogens (tertiary/aromatic N) is 2. The molecule has 0 saturated carbocycles. The van der Waals surface area contributed by atoms with Crippen LogP contribution in [0, 0.1) is 13.8 Å². The summed E-state index contributed by atoms with van der Waals surface area (Å²) in [5.74, 6) is 0.793. The summed E-state index contributed by atoms with van der Waals surface area (Å²) < 4.78 is 10.4. The van der Waals surface area contributed by atoms with Crippen LogP contribution < -0.4 is 5.32 Å². The lowest BCUT2D eigenvalue weighted by Gasteiger charge is -2.16. The number of aromatic nitrogens is 2. The molecule has 1 aromatic heterocycles. The van der Waals surface area contributed by atoms with Crippen LogP contribution in [0.5, 0.6) is 0 Å². The van der Waals surface area contributed by atoms with E-state index in [-0.39, 0.29) is 6.10 Å². The van der Waals surface area contributed by atoms with Crippen LogP contribution in [0.1, 0.15) is 42.2 Å². The average molecular weight is 281 g/mol. The van der Waals surface area contributed by atoms with Gasteiger partial charge in [0.15, 0.2) is 5.82 Å². The molecule has 20 heavy (non-hydrogen) atoms. The van der Waals surface area contributed by atoms with E-state index in [0.717, 1.165) is 49.8 Å². The molecule has 1 aromatic rings. The molecular formula is C15H27N3O2. The lowest BCUT2D eigenvalue weighted by molar-refractivity contribution is 0.0922. The van der Waals surface area contributed by atoms with E-state index in [4.69, 9.17) is 9.47 Å². The zero-order valence-corrected chi connectivity index (χ0v) is 13.3. The van der Waals surface area contributed by atoms with Crippen molar-refractivity contribution in [1.82, 2.24) is 15.3 Å². The van der Waals surface area contributed by atoms with Gasteiger partial charge in [0.2, 0.25) is 0 Å². The number of hydrogen-bond acceptors (Lipinski definition) is 5. The summed E-state index contributed by atoms with van der Waals surface area (Å²) in [7, 11) is 3.41. The van der Waals surface area contributed by atoms with Gasteiger partial charge in [-0.05, 0) is 38.8 Å². The van der Waals surface area contributed by atoms with E-state index < -0.39 is 0 Å². The molecule has 0 amide bonds. The number of rotatable bonds is 9. The molecule has 0 bridgehead atoms. The molecule has 0 aromatic carbocycles. The van der Waals surface area contributed by atoms with Crippen molar-refractivity contribution in [3.8, 4) is 0 Å². The van der Waals surface area contributed by atoms with Crippen molar-refractivity contribution in [2.24, 2.45) is 0 Å². The highest BCUT2D eigenvalue weighted by atomic mass is 16.5. The first kappa shape index (κ1) is 17.0. The monoisotopic (exact) mass is 281 g/mol. The molecule has 114 valence electrons. The van der Waals surface area contributed by atoms with Crippen LogP contribution in [-0.4, -0.2) is 43.9 Å². The maximum Gasteiger partial charge on any atom is 0.157 e. The van der Waals surface area contributed by atoms with E-state index in [1.54, 1.807) is 14.2 Å². The van der Waals surface area contributed by atoms with Gasteiger partial charge in [-0.15, -0.1) is 0 Å². The SMILES string of the molecule is CCC(OC)c1nc(C)c(CCNCCOC)c(C)n1. The Balaban J connectivity index is 2.69. The Morgan fingerprint density at radius 3 is 2.25 bits per heavy atom. The first-order valence-electron chi connectivity index (χ1n) is 7.20. The molecule has 5 heteroatoms. The van der Waals surface area contributed by atoms with Crippen molar-refractivity contribution in [3.63, 3.8) is 0 Å². The second-order valence-electron chi connectivity index (χ2n) is 4.86. The molecule has 1 N–H and O–H groups in total. The van der Waals surface area contributed by atoms with Crippen LogP contribution in [0.4, 0.5) is 0 Å². The molecule has 0 aliphatic heterocycles. The van der Waals surface area contributed by atoms with Crippen LogP contribution in [0.15, 0.2) is 0 Å². The third kappa shape index (κ3) is 4.81. The zero-order chi connectivity index (χ0) is 15.0. The molecule has 0 aliphatic rings. The normalized spacial score (nSPS) is 12.7. The van der Waals surface area contributed by atoms with Gasteiger partial charge in [-0.2, -0.15) is 0 Å². The quantitative estimate of drug-likeness (QED) is 0.701. The molecular weight excluding hydrogens is 254 g/mol. The number of nitrogens with one attached hydrogen (secondary N) is 1. The van der Waals surface area contributed by atoms with Crippen molar-refractivity contribution < 1.29 is 9.47 Å². The minimum Gasteiger partial charge on any atom is -0.383 e. The molecule has 0 aliphatic carbocycles. The van der Waals surface area contributed by atoms with E-state index in [0.29, 0.717) is 0 Å². The number of aryl methyl sites for hydroxylation is 2. The molecule has 5 nitrogen and oxygen atoms in total. The largest absolute Gasteiger partial charge is 0.383 e. The fourth-order valence-electron chi connectivity index (χ4n) is 2.24. The van der Waals surface area contributed by atoms with Crippen molar-refractivity contribution in [2.75, 3.05) is 33.9 Å². The Morgan fingerprint density at radius 1 is 1.10 bits per heavy atom. The molecule has 0 radical (unpaired) electrons. The molecule has 1 atom stereocenters. The van der Waals surface area contributed by atoms with E-state index in [1.165, 1.54) is 5.56 Å². The van der Waals surface area contributed by atoms with Crippen LogP contribution in [0.25, 0.3) is 0 Å². The molecule has 1 heterocycles. The topological polar surface area (TPSA) is 56.3 Å². The molecule has 0 spiro atoms. The highest BCUT2D eigenvalue weighted by Crippen LogP contribution is 2.19. The Morgan fingerprint density at radius 2 is 1.75 bits per heavy atom. The summed E-state index contributed by atoms with van der Waals surface area (Å²) in [5, 5.41) is 3.34. The fraction of sp³-hybridized carbons (Fsp3) is 0.733. The summed E-state index contributed by atoms with van der Waals surface area (Å²) in [4.78, 5) is 9.20. The minimum absolute atomic E-state index is 0.0127. The second-order valence-corrected chi connectivity index (χ2v) is 4.86. The summed E-state index contributed by atoms with van der Waals surface area (Å²) in [6, 6.07) is 0. The van der Waals surface area contributed by atoms with Gasteiger partial charge in [-0.3, -0.25) is 0 Å². The van der Waals surface area contributed by atoms with Crippen molar-refractivity contribution in [3.05, 3.63) is 22.8 Å². The van der Waals surface area contributed by atoms with Gasteiger partial charge in [0.25, 0.3) is 0 Å².